The van der Waals surface area contributed by atoms with Gasteiger partial charge in [0.25, 0.3) is 0 Å². The van der Waals surface area contributed by atoms with Crippen LogP contribution in [0, 0.1) is 5.92 Å². The van der Waals surface area contributed by atoms with Gasteiger partial charge in [-0.25, -0.2) is 0 Å². The number of nitrogens with zero attached hydrogens (tertiary/aromatic N) is 1. The Kier molecular flexibility index (Phi) is 4.66. The first-order valence-corrected chi connectivity index (χ1v) is 8.38. The van der Waals surface area contributed by atoms with Crippen molar-refractivity contribution in [1.29, 1.82) is 0 Å². The van der Waals surface area contributed by atoms with Crippen molar-refractivity contribution in [2.75, 3.05) is 17.8 Å². The zero-order valence-corrected chi connectivity index (χ0v) is 13.0. The summed E-state index contributed by atoms with van der Waals surface area (Å²) in [7, 11) is -3.65. The topological polar surface area (TPSA) is 86.7 Å². The zero-order chi connectivity index (χ0) is 14.8. The highest BCUT2D eigenvalue weighted by Crippen LogP contribution is 2.25. The van der Waals surface area contributed by atoms with Gasteiger partial charge in [-0.3, -0.25) is 9.52 Å². The molecule has 1 saturated heterocycles. The molecule has 1 heterocycles. The number of carboxylic acids is 1. The highest BCUT2D eigenvalue weighted by Gasteiger charge is 2.31. The number of hydrogen-bond donors (Lipinski definition) is 2. The fourth-order valence-electron chi connectivity index (χ4n) is 2.09. The van der Waals surface area contributed by atoms with E-state index in [2.05, 4.69) is 20.7 Å². The van der Waals surface area contributed by atoms with E-state index < -0.39 is 22.1 Å². The Labute approximate surface area is 126 Å². The van der Waals surface area contributed by atoms with Crippen molar-refractivity contribution in [3.05, 3.63) is 28.7 Å². The normalized spacial score (nSPS) is 17.9. The van der Waals surface area contributed by atoms with E-state index in [1.807, 2.05) is 0 Å². The fraction of sp³-hybridized carbons (Fsp3) is 0.417. The Bertz CT molecular complexity index is 597. The number of hydrogen-bond acceptors (Lipinski definition) is 3. The molecule has 6 nitrogen and oxygen atoms in total. The first-order chi connectivity index (χ1) is 9.40. The number of piperidine rings is 1. The quantitative estimate of drug-likeness (QED) is 0.856. The Morgan fingerprint density at radius 3 is 2.45 bits per heavy atom. The van der Waals surface area contributed by atoms with Crippen LogP contribution < -0.4 is 4.72 Å². The van der Waals surface area contributed by atoms with E-state index in [4.69, 9.17) is 5.11 Å². The van der Waals surface area contributed by atoms with Crippen LogP contribution in [0.25, 0.3) is 0 Å². The molecule has 0 amide bonds. The molecule has 2 rings (SSSR count). The number of nitrogens with one attached hydrogen (secondary N) is 1. The SMILES string of the molecule is O=C(O)C1CCN(S(=O)(=O)Nc2ccccc2Br)CC1. The van der Waals surface area contributed by atoms with E-state index in [9.17, 15) is 13.2 Å². The van der Waals surface area contributed by atoms with Crippen LogP contribution in [-0.2, 0) is 15.0 Å². The number of carbonyl (C=O) groups is 1. The number of carboxylic acid groups (broad SMARTS) is 1. The van der Waals surface area contributed by atoms with Crippen LogP contribution in [0.5, 0.6) is 0 Å². The molecule has 0 aromatic heterocycles. The molecule has 110 valence electrons. The van der Waals surface area contributed by atoms with Crippen molar-refractivity contribution < 1.29 is 18.3 Å². The summed E-state index contributed by atoms with van der Waals surface area (Å²) >= 11 is 3.28. The lowest BCUT2D eigenvalue weighted by Gasteiger charge is -2.29. The Morgan fingerprint density at radius 1 is 1.30 bits per heavy atom. The van der Waals surface area contributed by atoms with Gasteiger partial charge < -0.3 is 5.11 Å². The van der Waals surface area contributed by atoms with Gasteiger partial charge in [-0.2, -0.15) is 12.7 Å². The molecule has 1 fully saturated rings. The molecule has 0 bridgehead atoms. The van der Waals surface area contributed by atoms with E-state index in [-0.39, 0.29) is 13.1 Å². The minimum absolute atomic E-state index is 0.219. The van der Waals surface area contributed by atoms with Crippen molar-refractivity contribution in [3.8, 4) is 0 Å². The second kappa shape index (κ2) is 6.11. The lowest BCUT2D eigenvalue weighted by atomic mass is 9.99. The number of anilines is 1. The van der Waals surface area contributed by atoms with Gasteiger partial charge in [0.1, 0.15) is 0 Å². The molecule has 20 heavy (non-hydrogen) atoms. The number of halogens is 1. The Hall–Kier alpha value is -1.12. The molecule has 0 spiro atoms. The lowest BCUT2D eigenvalue weighted by Crippen LogP contribution is -2.42. The third-order valence-corrected chi connectivity index (χ3v) is 5.47. The van der Waals surface area contributed by atoms with Crippen LogP contribution in [0.2, 0.25) is 0 Å². The Morgan fingerprint density at radius 2 is 1.90 bits per heavy atom. The van der Waals surface area contributed by atoms with Crippen molar-refractivity contribution in [2.24, 2.45) is 5.92 Å². The second-order valence-electron chi connectivity index (χ2n) is 4.60. The molecule has 1 aromatic carbocycles. The van der Waals surface area contributed by atoms with Gasteiger partial charge in [0, 0.05) is 17.6 Å². The molecule has 2 N–H and O–H groups in total. The van der Waals surface area contributed by atoms with Gasteiger partial charge in [0.15, 0.2) is 0 Å². The van der Waals surface area contributed by atoms with Crippen LogP contribution >= 0.6 is 15.9 Å². The van der Waals surface area contributed by atoms with E-state index in [0.29, 0.717) is 23.0 Å². The van der Waals surface area contributed by atoms with Gasteiger partial charge in [-0.1, -0.05) is 12.1 Å². The minimum atomic E-state index is -3.65. The van der Waals surface area contributed by atoms with Crippen molar-refractivity contribution in [1.82, 2.24) is 4.31 Å². The third-order valence-electron chi connectivity index (χ3n) is 3.26. The van der Waals surface area contributed by atoms with E-state index >= 15 is 0 Å². The summed E-state index contributed by atoms with van der Waals surface area (Å²) in [4.78, 5) is 10.9. The maximum Gasteiger partial charge on any atom is 0.306 e. The van der Waals surface area contributed by atoms with Gasteiger partial charge in [0.2, 0.25) is 0 Å². The average Bonchev–Trinajstić information content (AvgIpc) is 2.41. The van der Waals surface area contributed by atoms with E-state index in [1.54, 1.807) is 24.3 Å². The van der Waals surface area contributed by atoms with E-state index in [1.165, 1.54) is 4.31 Å². The second-order valence-corrected chi connectivity index (χ2v) is 7.12. The number of rotatable bonds is 4. The fourth-order valence-corrected chi connectivity index (χ4v) is 3.88. The van der Waals surface area contributed by atoms with Gasteiger partial charge in [0.05, 0.1) is 11.6 Å². The molecule has 0 aliphatic carbocycles. The molecule has 0 radical (unpaired) electrons. The number of aliphatic carboxylic acids is 1. The molecule has 1 aliphatic heterocycles. The Balaban J connectivity index is 2.05. The minimum Gasteiger partial charge on any atom is -0.481 e. The molecular weight excluding hydrogens is 348 g/mol. The highest BCUT2D eigenvalue weighted by molar-refractivity contribution is 9.10. The van der Waals surface area contributed by atoms with Crippen LogP contribution in [0.15, 0.2) is 28.7 Å². The predicted molar refractivity (Wildman–Crippen MR) is 78.6 cm³/mol. The standard InChI is InChI=1S/C12H15BrN2O4S/c13-10-3-1-2-4-11(10)14-20(18,19)15-7-5-9(6-8-15)12(16)17/h1-4,9,14H,5-8H2,(H,16,17). The first-order valence-electron chi connectivity index (χ1n) is 6.15. The summed E-state index contributed by atoms with van der Waals surface area (Å²) in [6.45, 7) is 0.438. The lowest BCUT2D eigenvalue weighted by molar-refractivity contribution is -0.142. The molecule has 1 aromatic rings. The summed E-state index contributed by atoms with van der Waals surface area (Å²) in [6, 6.07) is 6.93. The smallest absolute Gasteiger partial charge is 0.306 e. The first kappa shape index (κ1) is 15.3. The summed E-state index contributed by atoms with van der Waals surface area (Å²) in [5, 5.41) is 8.91. The van der Waals surface area contributed by atoms with Crippen LogP contribution in [-0.4, -0.2) is 36.9 Å². The molecule has 1 aliphatic rings. The average molecular weight is 363 g/mol. The van der Waals surface area contributed by atoms with Crippen molar-refractivity contribution in [3.63, 3.8) is 0 Å². The maximum absolute atomic E-state index is 12.2. The van der Waals surface area contributed by atoms with Crippen molar-refractivity contribution >= 4 is 37.8 Å². The van der Waals surface area contributed by atoms with Crippen LogP contribution in [0.1, 0.15) is 12.8 Å². The summed E-state index contributed by atoms with van der Waals surface area (Å²) in [5.74, 6) is -1.31. The number of para-hydroxylation sites is 1. The summed E-state index contributed by atoms with van der Waals surface area (Å²) < 4.78 is 28.9. The van der Waals surface area contributed by atoms with Gasteiger partial charge >= 0.3 is 16.2 Å². The summed E-state index contributed by atoms with van der Waals surface area (Å²) in [5.41, 5.74) is 0.466. The van der Waals surface area contributed by atoms with Crippen LogP contribution in [0.3, 0.4) is 0 Å². The van der Waals surface area contributed by atoms with Crippen LogP contribution in [0.4, 0.5) is 5.69 Å². The molecule has 0 atom stereocenters. The highest BCUT2D eigenvalue weighted by atomic mass is 79.9. The van der Waals surface area contributed by atoms with Gasteiger partial charge in [-0.15, -0.1) is 0 Å². The van der Waals surface area contributed by atoms with Crippen molar-refractivity contribution in [2.45, 2.75) is 12.8 Å². The number of benzene rings is 1. The molecule has 0 unspecified atom stereocenters. The molecule has 0 saturated carbocycles. The largest absolute Gasteiger partial charge is 0.481 e. The zero-order valence-electron chi connectivity index (χ0n) is 10.6. The molecule has 8 heteroatoms. The summed E-state index contributed by atoms with van der Waals surface area (Å²) in [6.07, 6.45) is 0.679. The third kappa shape index (κ3) is 3.50. The molecular formula is C12H15BrN2O4S. The van der Waals surface area contributed by atoms with Gasteiger partial charge in [-0.05, 0) is 40.9 Å². The monoisotopic (exact) mass is 362 g/mol. The van der Waals surface area contributed by atoms with E-state index in [0.717, 1.165) is 0 Å². The maximum atomic E-state index is 12.2. The predicted octanol–water partition coefficient (Wildman–Crippen LogP) is 1.90.